The number of nitrogens with one attached hydrogen (secondary N) is 1. The molecule has 0 aliphatic heterocycles. The first-order valence-corrected chi connectivity index (χ1v) is 10.4. The molecule has 2 atom stereocenters. The molecule has 0 radical (unpaired) electrons. The van der Waals surface area contributed by atoms with Crippen molar-refractivity contribution < 1.29 is 22.7 Å². The fourth-order valence-electron chi connectivity index (χ4n) is 4.61. The van der Waals surface area contributed by atoms with E-state index >= 15 is 0 Å². The quantitative estimate of drug-likeness (QED) is 0.795. The summed E-state index contributed by atoms with van der Waals surface area (Å²) in [5, 5.41) is 0. The van der Waals surface area contributed by atoms with Crippen LogP contribution >= 0.6 is 0 Å². The van der Waals surface area contributed by atoms with Gasteiger partial charge in [-0.25, -0.2) is 13.2 Å². The standard InChI is InChI=1S/C19H25NO5S/c1-12-5-6-13(17(22)25-4)9-15(12)20-26(23,24)11-19-8-7-14(10-16(19)21)18(19,2)3/h5-6,9,14,20H,7-8,10-11H2,1-4H3. The molecule has 1 aromatic rings. The molecule has 2 aliphatic rings. The fraction of sp³-hybridized carbons (Fsp3) is 0.579. The minimum atomic E-state index is -3.76. The molecule has 0 saturated heterocycles. The summed E-state index contributed by atoms with van der Waals surface area (Å²) in [4.78, 5) is 24.3. The van der Waals surface area contributed by atoms with Crippen LogP contribution in [0.15, 0.2) is 18.2 Å². The number of carbonyl (C=O) groups is 2. The first-order chi connectivity index (χ1) is 12.0. The smallest absolute Gasteiger partial charge is 0.337 e. The Kier molecular flexibility index (Phi) is 4.42. The second-order valence-corrected chi connectivity index (χ2v) is 9.77. The van der Waals surface area contributed by atoms with Gasteiger partial charge in [-0.1, -0.05) is 19.9 Å². The Bertz CT molecular complexity index is 874. The predicted molar refractivity (Wildman–Crippen MR) is 98.5 cm³/mol. The molecule has 2 unspecified atom stereocenters. The zero-order valence-corrected chi connectivity index (χ0v) is 16.4. The molecule has 0 spiro atoms. The highest BCUT2D eigenvalue weighted by Gasteiger charge is 2.65. The Labute approximate surface area is 154 Å². The van der Waals surface area contributed by atoms with Crippen LogP contribution in [-0.2, 0) is 19.6 Å². The molecule has 2 aliphatic carbocycles. The van der Waals surface area contributed by atoms with Gasteiger partial charge in [0.2, 0.25) is 10.0 Å². The first-order valence-electron chi connectivity index (χ1n) is 8.75. The van der Waals surface area contributed by atoms with E-state index in [-0.39, 0.29) is 28.4 Å². The predicted octanol–water partition coefficient (Wildman–Crippen LogP) is 2.92. The van der Waals surface area contributed by atoms with Crippen LogP contribution in [0.2, 0.25) is 0 Å². The summed E-state index contributed by atoms with van der Waals surface area (Å²) in [6.45, 7) is 5.77. The number of methoxy groups -OCH3 is 1. The van der Waals surface area contributed by atoms with Crippen LogP contribution in [-0.4, -0.2) is 33.0 Å². The van der Waals surface area contributed by atoms with Crippen molar-refractivity contribution in [3.05, 3.63) is 29.3 Å². The number of Topliss-reactive ketones (excluding diaryl/α,β-unsaturated/α-hetero) is 1. The van der Waals surface area contributed by atoms with E-state index in [1.807, 2.05) is 13.8 Å². The van der Waals surface area contributed by atoms with Gasteiger partial charge in [0.25, 0.3) is 0 Å². The first kappa shape index (κ1) is 18.9. The van der Waals surface area contributed by atoms with Crippen molar-refractivity contribution in [2.45, 2.75) is 40.0 Å². The molecule has 7 heteroatoms. The van der Waals surface area contributed by atoms with E-state index in [1.54, 1.807) is 19.1 Å². The maximum Gasteiger partial charge on any atom is 0.337 e. The van der Waals surface area contributed by atoms with Crippen molar-refractivity contribution in [2.75, 3.05) is 17.6 Å². The third-order valence-corrected chi connectivity index (χ3v) is 7.90. The summed E-state index contributed by atoms with van der Waals surface area (Å²) in [6.07, 6.45) is 1.98. The molecule has 142 valence electrons. The molecule has 2 saturated carbocycles. The average molecular weight is 379 g/mol. The highest BCUT2D eigenvalue weighted by molar-refractivity contribution is 7.92. The van der Waals surface area contributed by atoms with Crippen molar-refractivity contribution in [3.63, 3.8) is 0 Å². The van der Waals surface area contributed by atoms with Gasteiger partial charge in [0, 0.05) is 6.42 Å². The molecular formula is C19H25NO5S. The summed E-state index contributed by atoms with van der Waals surface area (Å²) in [5.74, 6) is -0.432. The van der Waals surface area contributed by atoms with Crippen molar-refractivity contribution in [1.29, 1.82) is 0 Å². The summed E-state index contributed by atoms with van der Waals surface area (Å²) >= 11 is 0. The number of sulfonamides is 1. The molecule has 0 amide bonds. The zero-order chi connectivity index (χ0) is 19.3. The van der Waals surface area contributed by atoms with Gasteiger partial charge in [0.1, 0.15) is 5.78 Å². The zero-order valence-electron chi connectivity index (χ0n) is 15.6. The molecular weight excluding hydrogens is 354 g/mol. The van der Waals surface area contributed by atoms with Gasteiger partial charge in [-0.2, -0.15) is 0 Å². The number of fused-ring (bicyclic) bond motifs is 2. The van der Waals surface area contributed by atoms with Gasteiger partial charge in [0.05, 0.1) is 29.5 Å². The number of carbonyl (C=O) groups excluding carboxylic acids is 2. The van der Waals surface area contributed by atoms with Crippen molar-refractivity contribution in [2.24, 2.45) is 16.7 Å². The normalized spacial score (nSPS) is 26.8. The largest absolute Gasteiger partial charge is 0.465 e. The van der Waals surface area contributed by atoms with E-state index in [1.165, 1.54) is 13.2 Å². The lowest BCUT2D eigenvalue weighted by Crippen LogP contribution is -2.43. The Morgan fingerprint density at radius 2 is 2.04 bits per heavy atom. The molecule has 0 heterocycles. The van der Waals surface area contributed by atoms with Gasteiger partial charge in [-0.05, 0) is 48.8 Å². The second kappa shape index (κ2) is 6.08. The lowest BCUT2D eigenvalue weighted by atomic mass is 9.70. The molecule has 1 N–H and O–H groups in total. The number of hydrogen-bond acceptors (Lipinski definition) is 5. The molecule has 6 nitrogen and oxygen atoms in total. The Morgan fingerprint density at radius 1 is 1.35 bits per heavy atom. The number of ether oxygens (including phenoxy) is 1. The lowest BCUT2D eigenvalue weighted by Gasteiger charge is -2.36. The SMILES string of the molecule is COC(=O)c1ccc(C)c(NS(=O)(=O)CC23CCC(CC2=O)C3(C)C)c1. The number of aryl methyl sites for hydroxylation is 1. The van der Waals surface area contributed by atoms with E-state index in [4.69, 9.17) is 0 Å². The highest BCUT2D eigenvalue weighted by Crippen LogP contribution is 2.64. The molecule has 26 heavy (non-hydrogen) atoms. The van der Waals surface area contributed by atoms with Crippen LogP contribution in [0.5, 0.6) is 0 Å². The molecule has 0 aromatic heterocycles. The van der Waals surface area contributed by atoms with Crippen LogP contribution in [0, 0.1) is 23.7 Å². The van der Waals surface area contributed by atoms with Crippen molar-refractivity contribution in [1.82, 2.24) is 0 Å². The summed E-state index contributed by atoms with van der Waals surface area (Å²) in [5.41, 5.74) is 0.161. The Hall–Kier alpha value is -1.89. The number of hydrogen-bond donors (Lipinski definition) is 1. The third-order valence-electron chi connectivity index (χ3n) is 6.50. The molecule has 2 bridgehead atoms. The molecule has 2 fully saturated rings. The van der Waals surface area contributed by atoms with Gasteiger partial charge in [-0.3, -0.25) is 9.52 Å². The topological polar surface area (TPSA) is 89.5 Å². The summed E-state index contributed by atoms with van der Waals surface area (Å²) in [6, 6.07) is 4.72. The van der Waals surface area contributed by atoms with E-state index in [9.17, 15) is 18.0 Å². The van der Waals surface area contributed by atoms with Crippen LogP contribution in [0.3, 0.4) is 0 Å². The van der Waals surface area contributed by atoms with E-state index in [2.05, 4.69) is 9.46 Å². The maximum absolute atomic E-state index is 12.9. The van der Waals surface area contributed by atoms with Crippen molar-refractivity contribution >= 4 is 27.5 Å². The molecule has 1 aromatic carbocycles. The van der Waals surface area contributed by atoms with Crippen LogP contribution < -0.4 is 4.72 Å². The Balaban J connectivity index is 1.89. The van der Waals surface area contributed by atoms with E-state index in [0.717, 1.165) is 6.42 Å². The number of benzene rings is 1. The van der Waals surface area contributed by atoms with Gasteiger partial charge < -0.3 is 4.74 Å². The van der Waals surface area contributed by atoms with Gasteiger partial charge >= 0.3 is 5.97 Å². The minimum Gasteiger partial charge on any atom is -0.465 e. The Morgan fingerprint density at radius 3 is 2.58 bits per heavy atom. The van der Waals surface area contributed by atoms with Crippen LogP contribution in [0.1, 0.15) is 49.0 Å². The average Bonchev–Trinajstić information content (AvgIpc) is 2.89. The second-order valence-electron chi connectivity index (χ2n) is 8.05. The summed E-state index contributed by atoms with van der Waals surface area (Å²) < 4.78 is 33.1. The lowest BCUT2D eigenvalue weighted by molar-refractivity contribution is -0.128. The fourth-order valence-corrected chi connectivity index (χ4v) is 6.57. The molecule has 3 rings (SSSR count). The van der Waals surface area contributed by atoms with Crippen LogP contribution in [0.4, 0.5) is 5.69 Å². The van der Waals surface area contributed by atoms with Gasteiger partial charge in [0.15, 0.2) is 0 Å². The number of esters is 1. The minimum absolute atomic E-state index is 0.0594. The van der Waals surface area contributed by atoms with E-state index < -0.39 is 21.4 Å². The van der Waals surface area contributed by atoms with Crippen LogP contribution in [0.25, 0.3) is 0 Å². The monoisotopic (exact) mass is 379 g/mol. The number of ketones is 1. The number of anilines is 1. The van der Waals surface area contributed by atoms with Gasteiger partial charge in [-0.15, -0.1) is 0 Å². The summed E-state index contributed by atoms with van der Waals surface area (Å²) in [7, 11) is -2.49. The third kappa shape index (κ3) is 2.82. The van der Waals surface area contributed by atoms with E-state index in [0.29, 0.717) is 24.1 Å². The highest BCUT2D eigenvalue weighted by atomic mass is 32.2. The number of rotatable bonds is 5. The van der Waals surface area contributed by atoms with Crippen molar-refractivity contribution in [3.8, 4) is 0 Å². The maximum atomic E-state index is 12.9.